The molecule has 8 heteroatoms. The minimum Gasteiger partial charge on any atom is -0.507 e. The number of aliphatic hydroxyl groups excluding tert-OH is 1. The van der Waals surface area contributed by atoms with E-state index < -0.39 is 17.7 Å². The van der Waals surface area contributed by atoms with Crippen LogP contribution in [0.5, 0.6) is 5.75 Å². The third-order valence-electron chi connectivity index (χ3n) is 5.67. The van der Waals surface area contributed by atoms with Gasteiger partial charge in [0.1, 0.15) is 23.3 Å². The van der Waals surface area contributed by atoms with E-state index in [4.69, 9.17) is 13.9 Å². The van der Waals surface area contributed by atoms with Crippen LogP contribution in [-0.2, 0) is 14.3 Å². The first kappa shape index (κ1) is 21.1. The summed E-state index contributed by atoms with van der Waals surface area (Å²) in [5, 5.41) is 11.0. The fraction of sp³-hybridized carbons (Fsp3) is 0.391. The Morgan fingerprint density at radius 2 is 1.97 bits per heavy atom. The highest BCUT2D eigenvalue weighted by atomic mass is 16.5. The van der Waals surface area contributed by atoms with Crippen LogP contribution in [-0.4, -0.2) is 73.1 Å². The van der Waals surface area contributed by atoms with Gasteiger partial charge in [0.15, 0.2) is 0 Å². The van der Waals surface area contributed by atoms with E-state index in [-0.39, 0.29) is 11.3 Å². The molecule has 0 radical (unpaired) electrons. The molecule has 2 aliphatic heterocycles. The zero-order valence-electron chi connectivity index (χ0n) is 17.5. The molecule has 164 valence electrons. The second kappa shape index (κ2) is 9.36. The maximum atomic E-state index is 12.9. The molecule has 2 fully saturated rings. The summed E-state index contributed by atoms with van der Waals surface area (Å²) in [6, 6.07) is 9.40. The first-order valence-corrected chi connectivity index (χ1v) is 10.4. The summed E-state index contributed by atoms with van der Waals surface area (Å²) in [4.78, 5) is 29.6. The van der Waals surface area contributed by atoms with Gasteiger partial charge in [0, 0.05) is 31.7 Å². The molecule has 1 unspecified atom stereocenters. The van der Waals surface area contributed by atoms with Crippen molar-refractivity contribution in [3.63, 3.8) is 0 Å². The lowest BCUT2D eigenvalue weighted by Crippen LogP contribution is -2.38. The van der Waals surface area contributed by atoms with Gasteiger partial charge in [-0.2, -0.15) is 0 Å². The van der Waals surface area contributed by atoms with E-state index in [2.05, 4.69) is 4.90 Å². The highest BCUT2D eigenvalue weighted by Gasteiger charge is 2.47. The maximum absolute atomic E-state index is 12.9. The van der Waals surface area contributed by atoms with Crippen LogP contribution in [0.1, 0.15) is 23.8 Å². The molecule has 8 nitrogen and oxygen atoms in total. The molecule has 0 saturated carbocycles. The molecule has 2 aromatic rings. The van der Waals surface area contributed by atoms with E-state index in [0.717, 1.165) is 19.6 Å². The lowest BCUT2D eigenvalue weighted by atomic mass is 9.99. The maximum Gasteiger partial charge on any atom is 0.295 e. The topological polar surface area (TPSA) is 92.5 Å². The lowest BCUT2D eigenvalue weighted by Gasteiger charge is -2.28. The van der Waals surface area contributed by atoms with Crippen molar-refractivity contribution in [3.8, 4) is 5.75 Å². The van der Waals surface area contributed by atoms with Crippen molar-refractivity contribution in [2.45, 2.75) is 12.5 Å². The number of carbonyl (C=O) groups excluding carboxylic acids is 2. The Hall–Kier alpha value is -3.10. The number of rotatable bonds is 7. The molecule has 1 amide bonds. The Morgan fingerprint density at radius 1 is 1.16 bits per heavy atom. The van der Waals surface area contributed by atoms with Crippen molar-refractivity contribution in [1.29, 1.82) is 0 Å². The van der Waals surface area contributed by atoms with Gasteiger partial charge in [0.2, 0.25) is 0 Å². The lowest BCUT2D eigenvalue weighted by molar-refractivity contribution is -0.140. The van der Waals surface area contributed by atoms with Crippen molar-refractivity contribution >= 4 is 17.4 Å². The number of Topliss-reactive ketones (excluding diaryl/α,β-unsaturated/α-hetero) is 1. The van der Waals surface area contributed by atoms with Crippen molar-refractivity contribution in [3.05, 3.63) is 59.6 Å². The van der Waals surface area contributed by atoms with Gasteiger partial charge >= 0.3 is 0 Å². The van der Waals surface area contributed by atoms with Crippen LogP contribution in [0.4, 0.5) is 0 Å². The number of hydrogen-bond acceptors (Lipinski definition) is 7. The van der Waals surface area contributed by atoms with Gasteiger partial charge in [-0.3, -0.25) is 14.5 Å². The number of carbonyl (C=O) groups is 2. The molecule has 1 atom stereocenters. The number of benzene rings is 1. The number of amides is 1. The highest BCUT2D eigenvalue weighted by molar-refractivity contribution is 6.46. The summed E-state index contributed by atoms with van der Waals surface area (Å²) < 4.78 is 16.1. The number of methoxy groups -OCH3 is 1. The second-order valence-corrected chi connectivity index (χ2v) is 7.55. The standard InChI is InChI=1S/C23H26N2O6/c1-29-17-6-2-5-16(15-17)21(26)19-20(18-7-3-12-31-18)25(23(28)22(19)27)9-4-8-24-10-13-30-14-11-24/h2-3,5-7,12,15,20,26H,4,8-11,13-14H2,1H3/b21-19-. The summed E-state index contributed by atoms with van der Waals surface area (Å²) in [7, 11) is 1.52. The Balaban J connectivity index is 1.63. The number of furan rings is 1. The van der Waals surface area contributed by atoms with Crippen molar-refractivity contribution in [1.82, 2.24) is 9.80 Å². The molecule has 2 saturated heterocycles. The third kappa shape index (κ3) is 4.35. The SMILES string of the molecule is COc1cccc(/C(O)=C2/C(=O)C(=O)N(CCCN3CCOCC3)C2c2ccco2)c1. The van der Waals surface area contributed by atoms with Crippen LogP contribution in [0.2, 0.25) is 0 Å². The third-order valence-corrected chi connectivity index (χ3v) is 5.67. The minimum atomic E-state index is -0.772. The predicted octanol–water partition coefficient (Wildman–Crippen LogP) is 2.43. The Kier molecular flexibility index (Phi) is 6.39. The van der Waals surface area contributed by atoms with Crippen molar-refractivity contribution in [2.75, 3.05) is 46.5 Å². The van der Waals surface area contributed by atoms with E-state index in [1.807, 2.05) is 0 Å². The van der Waals surface area contributed by atoms with Crippen LogP contribution in [0.25, 0.3) is 5.76 Å². The molecule has 0 bridgehead atoms. The van der Waals surface area contributed by atoms with Crippen molar-refractivity contribution < 1.29 is 28.6 Å². The van der Waals surface area contributed by atoms with Crippen LogP contribution < -0.4 is 4.74 Å². The van der Waals surface area contributed by atoms with E-state index in [1.165, 1.54) is 18.3 Å². The Morgan fingerprint density at radius 3 is 2.68 bits per heavy atom. The number of aliphatic hydroxyl groups is 1. The first-order chi connectivity index (χ1) is 15.1. The number of ketones is 1. The number of ether oxygens (including phenoxy) is 2. The molecule has 3 heterocycles. The van der Waals surface area contributed by atoms with E-state index >= 15 is 0 Å². The fourth-order valence-corrected chi connectivity index (χ4v) is 4.07. The Labute approximate surface area is 180 Å². The van der Waals surface area contributed by atoms with E-state index in [1.54, 1.807) is 36.4 Å². The molecule has 1 aromatic carbocycles. The number of hydrogen-bond donors (Lipinski definition) is 1. The summed E-state index contributed by atoms with van der Waals surface area (Å²) in [6.07, 6.45) is 2.19. The van der Waals surface area contributed by atoms with E-state index in [0.29, 0.717) is 43.3 Å². The first-order valence-electron chi connectivity index (χ1n) is 10.4. The molecule has 0 spiro atoms. The fourth-order valence-electron chi connectivity index (χ4n) is 4.07. The summed E-state index contributed by atoms with van der Waals surface area (Å²) in [5.41, 5.74) is 0.432. The van der Waals surface area contributed by atoms with Crippen molar-refractivity contribution in [2.24, 2.45) is 0 Å². The van der Waals surface area contributed by atoms with Gasteiger partial charge in [-0.25, -0.2) is 0 Å². The smallest absolute Gasteiger partial charge is 0.295 e. The largest absolute Gasteiger partial charge is 0.507 e. The number of likely N-dealkylation sites (tertiary alicyclic amines) is 1. The van der Waals surface area contributed by atoms with E-state index in [9.17, 15) is 14.7 Å². The molecule has 4 rings (SSSR count). The number of nitrogens with zero attached hydrogens (tertiary/aromatic N) is 2. The zero-order valence-corrected chi connectivity index (χ0v) is 17.5. The van der Waals surface area contributed by atoms with Crippen LogP contribution in [0, 0.1) is 0 Å². The summed E-state index contributed by atoms with van der Waals surface area (Å²) in [5.74, 6) is -0.608. The normalized spacial score (nSPS) is 21.6. The highest BCUT2D eigenvalue weighted by Crippen LogP contribution is 2.39. The molecule has 2 aliphatic rings. The quantitative estimate of drug-likeness (QED) is 0.413. The number of morpholine rings is 1. The zero-order chi connectivity index (χ0) is 21.8. The molecule has 31 heavy (non-hydrogen) atoms. The summed E-state index contributed by atoms with van der Waals surface area (Å²) >= 11 is 0. The second-order valence-electron chi connectivity index (χ2n) is 7.55. The van der Waals surface area contributed by atoms with Crippen LogP contribution >= 0.6 is 0 Å². The van der Waals surface area contributed by atoms with Gasteiger partial charge in [-0.15, -0.1) is 0 Å². The van der Waals surface area contributed by atoms with Gasteiger partial charge in [0.05, 0.1) is 32.2 Å². The molecule has 1 aromatic heterocycles. The molecule has 0 aliphatic carbocycles. The Bertz CT molecular complexity index is 962. The van der Waals surface area contributed by atoms with Gasteiger partial charge < -0.3 is 23.9 Å². The molecular formula is C23H26N2O6. The van der Waals surface area contributed by atoms with Gasteiger partial charge in [-0.1, -0.05) is 12.1 Å². The van der Waals surface area contributed by atoms with Gasteiger partial charge in [0.25, 0.3) is 11.7 Å². The molecular weight excluding hydrogens is 400 g/mol. The predicted molar refractivity (Wildman–Crippen MR) is 113 cm³/mol. The monoisotopic (exact) mass is 426 g/mol. The van der Waals surface area contributed by atoms with Gasteiger partial charge in [-0.05, 0) is 30.7 Å². The minimum absolute atomic E-state index is 0.0274. The van der Waals surface area contributed by atoms with Crippen LogP contribution in [0.15, 0.2) is 52.7 Å². The molecule has 1 N–H and O–H groups in total. The average Bonchev–Trinajstić information content (AvgIpc) is 3.42. The summed E-state index contributed by atoms with van der Waals surface area (Å²) in [6.45, 7) is 4.30. The van der Waals surface area contributed by atoms with Crippen LogP contribution in [0.3, 0.4) is 0 Å². The average molecular weight is 426 g/mol.